The number of hydrogen-bond donors (Lipinski definition) is 2. The highest BCUT2D eigenvalue weighted by molar-refractivity contribution is 5.45. The number of anilines is 1. The molecule has 1 aromatic carbocycles. The Morgan fingerprint density at radius 2 is 1.79 bits per heavy atom. The zero-order valence-corrected chi connectivity index (χ0v) is 11.0. The molecule has 2 N–H and O–H groups in total. The lowest BCUT2D eigenvalue weighted by Gasteiger charge is -2.27. The molecule has 3 unspecified atom stereocenters. The van der Waals surface area contributed by atoms with Crippen molar-refractivity contribution in [1.29, 1.82) is 0 Å². The van der Waals surface area contributed by atoms with Crippen LogP contribution in [0.4, 0.5) is 14.5 Å². The predicted molar refractivity (Wildman–Crippen MR) is 72.1 cm³/mol. The third kappa shape index (κ3) is 2.89. The van der Waals surface area contributed by atoms with Crippen LogP contribution in [0.15, 0.2) is 18.2 Å². The number of rotatable bonds is 3. The highest BCUT2D eigenvalue weighted by atomic mass is 19.1. The lowest BCUT2D eigenvalue weighted by molar-refractivity contribution is 0.376. The highest BCUT2D eigenvalue weighted by Gasteiger charge is 2.34. The largest absolute Gasteiger partial charge is 0.382 e. The summed E-state index contributed by atoms with van der Waals surface area (Å²) in [4.78, 5) is 0. The molecule has 0 spiro atoms. The van der Waals surface area contributed by atoms with Crippen molar-refractivity contribution >= 4 is 5.69 Å². The van der Waals surface area contributed by atoms with Crippen LogP contribution in [-0.2, 0) is 0 Å². The molecule has 1 saturated carbocycles. The molecule has 3 rings (SSSR count). The summed E-state index contributed by atoms with van der Waals surface area (Å²) in [5.74, 6) is -0.457. The minimum Gasteiger partial charge on any atom is -0.382 e. The number of benzene rings is 1. The quantitative estimate of drug-likeness (QED) is 0.877. The Bertz CT molecular complexity index is 424. The SMILES string of the molecule is Fc1cc(F)cc(NC2CCCC2C2CCCN2)c1. The molecule has 2 aliphatic rings. The van der Waals surface area contributed by atoms with Crippen molar-refractivity contribution in [2.24, 2.45) is 5.92 Å². The van der Waals surface area contributed by atoms with Gasteiger partial charge >= 0.3 is 0 Å². The summed E-state index contributed by atoms with van der Waals surface area (Å²) >= 11 is 0. The summed E-state index contributed by atoms with van der Waals surface area (Å²) in [6.45, 7) is 1.10. The Kier molecular flexibility index (Phi) is 3.69. The number of halogens is 2. The van der Waals surface area contributed by atoms with Gasteiger partial charge in [-0.3, -0.25) is 0 Å². The Labute approximate surface area is 112 Å². The summed E-state index contributed by atoms with van der Waals surface area (Å²) < 4.78 is 26.4. The number of hydrogen-bond acceptors (Lipinski definition) is 2. The summed E-state index contributed by atoms with van der Waals surface area (Å²) in [5, 5.41) is 6.88. The van der Waals surface area contributed by atoms with E-state index in [9.17, 15) is 8.78 Å². The molecule has 1 aliphatic heterocycles. The first-order valence-electron chi connectivity index (χ1n) is 7.18. The first kappa shape index (κ1) is 12.9. The molecule has 104 valence electrons. The third-order valence-electron chi connectivity index (χ3n) is 4.40. The van der Waals surface area contributed by atoms with E-state index in [4.69, 9.17) is 0 Å². The van der Waals surface area contributed by atoms with Gasteiger partial charge in [0.15, 0.2) is 0 Å². The lowest BCUT2D eigenvalue weighted by Crippen LogP contribution is -2.38. The van der Waals surface area contributed by atoms with Gasteiger partial charge in [-0.05, 0) is 50.3 Å². The Morgan fingerprint density at radius 3 is 2.47 bits per heavy atom. The molecule has 1 saturated heterocycles. The van der Waals surface area contributed by atoms with E-state index in [1.165, 1.54) is 37.8 Å². The maximum Gasteiger partial charge on any atom is 0.128 e. The normalized spacial score (nSPS) is 30.7. The lowest BCUT2D eigenvalue weighted by atomic mass is 9.93. The molecule has 0 bridgehead atoms. The molecule has 2 nitrogen and oxygen atoms in total. The van der Waals surface area contributed by atoms with E-state index in [0.29, 0.717) is 23.7 Å². The van der Waals surface area contributed by atoms with Crippen molar-refractivity contribution in [3.05, 3.63) is 29.8 Å². The maximum atomic E-state index is 13.2. The Hall–Kier alpha value is -1.16. The average molecular weight is 266 g/mol. The zero-order valence-electron chi connectivity index (χ0n) is 11.0. The standard InChI is InChI=1S/C15H20F2N2/c16-10-7-11(17)9-12(8-10)19-15-4-1-3-13(15)14-5-2-6-18-14/h7-9,13-15,18-19H,1-6H2. The van der Waals surface area contributed by atoms with E-state index in [-0.39, 0.29) is 0 Å². The second-order valence-electron chi connectivity index (χ2n) is 5.71. The molecule has 4 heteroatoms. The number of nitrogens with one attached hydrogen (secondary N) is 2. The van der Waals surface area contributed by atoms with Crippen LogP contribution in [0.2, 0.25) is 0 Å². The molecule has 0 radical (unpaired) electrons. The van der Waals surface area contributed by atoms with Gasteiger partial charge in [-0.1, -0.05) is 6.42 Å². The van der Waals surface area contributed by atoms with Gasteiger partial charge < -0.3 is 10.6 Å². The van der Waals surface area contributed by atoms with Crippen LogP contribution in [0.1, 0.15) is 32.1 Å². The van der Waals surface area contributed by atoms with E-state index >= 15 is 0 Å². The van der Waals surface area contributed by atoms with E-state index in [1.807, 2.05) is 0 Å². The van der Waals surface area contributed by atoms with E-state index in [0.717, 1.165) is 19.0 Å². The average Bonchev–Trinajstić information content (AvgIpc) is 2.96. The van der Waals surface area contributed by atoms with Gasteiger partial charge in [0.1, 0.15) is 11.6 Å². The minimum atomic E-state index is -0.518. The van der Waals surface area contributed by atoms with Crippen molar-refractivity contribution in [2.75, 3.05) is 11.9 Å². The predicted octanol–water partition coefficient (Wildman–Crippen LogP) is 3.30. The molecular weight excluding hydrogens is 246 g/mol. The van der Waals surface area contributed by atoms with Crippen LogP contribution in [0, 0.1) is 17.6 Å². The van der Waals surface area contributed by atoms with Gasteiger partial charge in [-0.15, -0.1) is 0 Å². The van der Waals surface area contributed by atoms with Crippen LogP contribution in [0.5, 0.6) is 0 Å². The second kappa shape index (κ2) is 5.45. The monoisotopic (exact) mass is 266 g/mol. The minimum absolute atomic E-state index is 0.330. The third-order valence-corrected chi connectivity index (χ3v) is 4.40. The van der Waals surface area contributed by atoms with Gasteiger partial charge in [0.2, 0.25) is 0 Å². The van der Waals surface area contributed by atoms with Crippen LogP contribution < -0.4 is 10.6 Å². The van der Waals surface area contributed by atoms with Crippen molar-refractivity contribution in [1.82, 2.24) is 5.32 Å². The molecule has 2 fully saturated rings. The van der Waals surface area contributed by atoms with Crippen LogP contribution >= 0.6 is 0 Å². The smallest absolute Gasteiger partial charge is 0.128 e. The summed E-state index contributed by atoms with van der Waals surface area (Å²) in [6.07, 6.45) is 5.94. The molecular formula is C15H20F2N2. The second-order valence-corrected chi connectivity index (χ2v) is 5.71. The summed E-state index contributed by atoms with van der Waals surface area (Å²) in [6, 6.07) is 4.56. The van der Waals surface area contributed by atoms with Gasteiger partial charge in [0, 0.05) is 23.8 Å². The molecule has 1 heterocycles. The Morgan fingerprint density at radius 1 is 1.00 bits per heavy atom. The first-order chi connectivity index (χ1) is 9.22. The van der Waals surface area contributed by atoms with Crippen molar-refractivity contribution < 1.29 is 8.78 Å². The fourth-order valence-corrected chi connectivity index (χ4v) is 3.58. The van der Waals surface area contributed by atoms with Crippen molar-refractivity contribution in [3.63, 3.8) is 0 Å². The maximum absolute atomic E-state index is 13.2. The van der Waals surface area contributed by atoms with Gasteiger partial charge in [0.25, 0.3) is 0 Å². The first-order valence-corrected chi connectivity index (χ1v) is 7.18. The van der Waals surface area contributed by atoms with E-state index in [1.54, 1.807) is 0 Å². The zero-order chi connectivity index (χ0) is 13.2. The molecule has 1 aliphatic carbocycles. The molecule has 3 atom stereocenters. The highest BCUT2D eigenvalue weighted by Crippen LogP contribution is 2.34. The van der Waals surface area contributed by atoms with Gasteiger partial charge in [-0.25, -0.2) is 8.78 Å². The Balaban J connectivity index is 1.70. The fourth-order valence-electron chi connectivity index (χ4n) is 3.58. The molecule has 0 aromatic heterocycles. The molecule has 19 heavy (non-hydrogen) atoms. The molecule has 1 aromatic rings. The summed E-state index contributed by atoms with van der Waals surface area (Å²) in [5.41, 5.74) is 0.562. The summed E-state index contributed by atoms with van der Waals surface area (Å²) in [7, 11) is 0. The van der Waals surface area contributed by atoms with Crippen molar-refractivity contribution in [3.8, 4) is 0 Å². The van der Waals surface area contributed by atoms with Crippen molar-refractivity contribution in [2.45, 2.75) is 44.2 Å². The molecule has 0 amide bonds. The van der Waals surface area contributed by atoms with Crippen LogP contribution in [-0.4, -0.2) is 18.6 Å². The van der Waals surface area contributed by atoms with Crippen LogP contribution in [0.25, 0.3) is 0 Å². The van der Waals surface area contributed by atoms with Gasteiger partial charge in [0.05, 0.1) is 0 Å². The topological polar surface area (TPSA) is 24.1 Å². The van der Waals surface area contributed by atoms with Gasteiger partial charge in [-0.2, -0.15) is 0 Å². The van der Waals surface area contributed by atoms with E-state index in [2.05, 4.69) is 10.6 Å². The van der Waals surface area contributed by atoms with Crippen LogP contribution in [0.3, 0.4) is 0 Å². The van der Waals surface area contributed by atoms with E-state index < -0.39 is 11.6 Å². The fraction of sp³-hybridized carbons (Fsp3) is 0.600.